The lowest BCUT2D eigenvalue weighted by atomic mass is 10.2. The van der Waals surface area contributed by atoms with E-state index in [-0.39, 0.29) is 24.1 Å². The number of aromatic nitrogens is 1. The van der Waals surface area contributed by atoms with Gasteiger partial charge in [-0.25, -0.2) is 4.79 Å². The summed E-state index contributed by atoms with van der Waals surface area (Å²) in [5.74, 6) is -0.722. The number of esters is 1. The molecule has 0 unspecified atom stereocenters. The zero-order chi connectivity index (χ0) is 17.5. The van der Waals surface area contributed by atoms with E-state index in [9.17, 15) is 14.4 Å². The van der Waals surface area contributed by atoms with Crippen LogP contribution in [0, 0.1) is 0 Å². The lowest BCUT2D eigenvalue weighted by Gasteiger charge is -2.11. The maximum Gasteiger partial charge on any atom is 0.339 e. The van der Waals surface area contributed by atoms with Gasteiger partial charge in [0.25, 0.3) is 0 Å². The number of thioether (sulfide) groups is 1. The van der Waals surface area contributed by atoms with Crippen LogP contribution in [0.4, 0.5) is 0 Å². The van der Waals surface area contributed by atoms with Gasteiger partial charge in [0.05, 0.1) is 17.0 Å². The molecule has 24 heavy (non-hydrogen) atoms. The fraction of sp³-hybridized carbons (Fsp3) is 0.235. The van der Waals surface area contributed by atoms with Crippen LogP contribution in [0.2, 0.25) is 0 Å². The van der Waals surface area contributed by atoms with Crippen molar-refractivity contribution in [2.75, 3.05) is 26.5 Å². The maximum absolute atomic E-state index is 12.2. The summed E-state index contributed by atoms with van der Waals surface area (Å²) >= 11 is 1.26. The number of carbonyl (C=O) groups is 3. The second kappa shape index (κ2) is 8.35. The number of nitrogens with zero attached hydrogens (tertiary/aromatic N) is 1. The van der Waals surface area contributed by atoms with Crippen LogP contribution in [-0.2, 0) is 9.53 Å². The molecule has 126 valence electrons. The molecule has 1 N–H and O–H groups in total. The Hall–Kier alpha value is -2.54. The monoisotopic (exact) mass is 346 g/mol. The second-order valence-electron chi connectivity index (χ2n) is 5.16. The van der Waals surface area contributed by atoms with E-state index >= 15 is 0 Å². The van der Waals surface area contributed by atoms with E-state index in [1.54, 1.807) is 56.7 Å². The number of ketones is 1. The van der Waals surface area contributed by atoms with E-state index < -0.39 is 5.97 Å². The minimum Gasteiger partial charge on any atom is -0.454 e. The first-order chi connectivity index (χ1) is 11.5. The lowest BCUT2D eigenvalue weighted by molar-refractivity contribution is -0.125. The van der Waals surface area contributed by atoms with Gasteiger partial charge in [-0.05, 0) is 24.3 Å². The summed E-state index contributed by atoms with van der Waals surface area (Å²) in [5, 5.41) is 0. The highest BCUT2D eigenvalue weighted by atomic mass is 32.2. The third-order valence-corrected chi connectivity index (χ3v) is 4.25. The van der Waals surface area contributed by atoms with Crippen LogP contribution in [0.5, 0.6) is 0 Å². The van der Waals surface area contributed by atoms with Crippen molar-refractivity contribution in [2.24, 2.45) is 0 Å². The minimum atomic E-state index is -0.588. The molecule has 0 radical (unpaired) electrons. The molecule has 0 aliphatic heterocycles. The van der Waals surface area contributed by atoms with Crippen molar-refractivity contribution in [3.05, 3.63) is 53.9 Å². The van der Waals surface area contributed by atoms with Gasteiger partial charge in [-0.15, -0.1) is 11.8 Å². The van der Waals surface area contributed by atoms with E-state index in [2.05, 4.69) is 4.98 Å². The highest BCUT2D eigenvalue weighted by Gasteiger charge is 2.16. The molecule has 1 amide bonds. The summed E-state index contributed by atoms with van der Waals surface area (Å²) in [4.78, 5) is 40.7. The van der Waals surface area contributed by atoms with Crippen molar-refractivity contribution in [1.29, 1.82) is 0 Å². The molecule has 0 spiro atoms. The fourth-order valence-corrected chi connectivity index (χ4v) is 2.84. The Morgan fingerprint density at radius 1 is 1.12 bits per heavy atom. The van der Waals surface area contributed by atoms with Gasteiger partial charge in [0, 0.05) is 25.2 Å². The van der Waals surface area contributed by atoms with E-state index in [0.717, 1.165) is 0 Å². The summed E-state index contributed by atoms with van der Waals surface area (Å²) in [7, 11) is 3.35. The molecule has 2 rings (SSSR count). The highest BCUT2D eigenvalue weighted by Crippen LogP contribution is 2.23. The van der Waals surface area contributed by atoms with Crippen molar-refractivity contribution in [3.63, 3.8) is 0 Å². The van der Waals surface area contributed by atoms with Crippen LogP contribution in [-0.4, -0.2) is 54.0 Å². The van der Waals surface area contributed by atoms with Crippen LogP contribution in [0.1, 0.15) is 20.8 Å². The van der Waals surface area contributed by atoms with Gasteiger partial charge in [0.1, 0.15) is 0 Å². The van der Waals surface area contributed by atoms with Crippen molar-refractivity contribution in [1.82, 2.24) is 9.88 Å². The number of hydrogen-bond donors (Lipinski definition) is 1. The van der Waals surface area contributed by atoms with Gasteiger partial charge < -0.3 is 14.6 Å². The number of ether oxygens (including phenoxy) is 1. The molecular weight excluding hydrogens is 328 g/mol. The summed E-state index contributed by atoms with van der Waals surface area (Å²) in [6.45, 7) is -0.338. The number of nitrogens with one attached hydrogen (secondary N) is 1. The molecule has 0 aliphatic rings. The first kappa shape index (κ1) is 17.8. The Labute approximate surface area is 144 Å². The fourth-order valence-electron chi connectivity index (χ4n) is 1.82. The molecular formula is C17H18N2O4S. The number of H-pyrrole nitrogens is 1. The van der Waals surface area contributed by atoms with Crippen LogP contribution in [0.15, 0.2) is 47.5 Å². The van der Waals surface area contributed by atoms with Crippen molar-refractivity contribution < 1.29 is 19.1 Å². The minimum absolute atomic E-state index is 0.0508. The Balaban J connectivity index is 1.99. The predicted molar refractivity (Wildman–Crippen MR) is 91.3 cm³/mol. The van der Waals surface area contributed by atoms with Crippen molar-refractivity contribution in [2.45, 2.75) is 4.90 Å². The zero-order valence-electron chi connectivity index (χ0n) is 13.4. The summed E-state index contributed by atoms with van der Waals surface area (Å²) in [6, 6.07) is 10.2. The molecule has 0 atom stereocenters. The number of Topliss-reactive ketones (excluding diaryl/α,β-unsaturated/α-hetero) is 1. The summed E-state index contributed by atoms with van der Waals surface area (Å²) in [6.07, 6.45) is 1.63. The molecule has 0 bridgehead atoms. The number of carbonyl (C=O) groups excluding carboxylic acids is 3. The van der Waals surface area contributed by atoms with E-state index in [1.165, 1.54) is 16.7 Å². The topological polar surface area (TPSA) is 79.5 Å². The zero-order valence-corrected chi connectivity index (χ0v) is 14.3. The van der Waals surface area contributed by atoms with Crippen LogP contribution in [0.25, 0.3) is 0 Å². The summed E-state index contributed by atoms with van der Waals surface area (Å²) in [5.41, 5.74) is 0.732. The van der Waals surface area contributed by atoms with Crippen molar-refractivity contribution in [3.8, 4) is 0 Å². The van der Waals surface area contributed by atoms with E-state index in [4.69, 9.17) is 4.74 Å². The van der Waals surface area contributed by atoms with Gasteiger partial charge >= 0.3 is 5.97 Å². The Morgan fingerprint density at radius 2 is 1.88 bits per heavy atom. The quantitative estimate of drug-likeness (QED) is 0.472. The predicted octanol–water partition coefficient (Wildman–Crippen LogP) is 2.23. The summed E-state index contributed by atoms with van der Waals surface area (Å²) < 4.78 is 5.09. The Bertz CT molecular complexity index is 726. The van der Waals surface area contributed by atoms with Gasteiger partial charge in [0.15, 0.2) is 6.61 Å². The molecule has 0 fully saturated rings. The first-order valence-electron chi connectivity index (χ1n) is 7.24. The molecule has 2 aromatic rings. The normalized spacial score (nSPS) is 10.2. The van der Waals surface area contributed by atoms with Crippen molar-refractivity contribution >= 4 is 29.4 Å². The molecule has 1 heterocycles. The Morgan fingerprint density at radius 3 is 2.54 bits per heavy atom. The smallest absolute Gasteiger partial charge is 0.339 e. The van der Waals surface area contributed by atoms with Crippen LogP contribution >= 0.6 is 11.8 Å². The molecule has 6 nitrogen and oxygen atoms in total. The second-order valence-corrected chi connectivity index (χ2v) is 6.17. The molecule has 7 heteroatoms. The maximum atomic E-state index is 12.2. The van der Waals surface area contributed by atoms with Gasteiger partial charge in [-0.2, -0.15) is 0 Å². The van der Waals surface area contributed by atoms with E-state index in [0.29, 0.717) is 16.2 Å². The van der Waals surface area contributed by atoms with Gasteiger partial charge in [-0.1, -0.05) is 12.1 Å². The largest absolute Gasteiger partial charge is 0.454 e. The van der Waals surface area contributed by atoms with E-state index in [1.807, 2.05) is 0 Å². The molecule has 0 saturated heterocycles. The number of amides is 1. The van der Waals surface area contributed by atoms with Gasteiger partial charge in [0.2, 0.25) is 11.7 Å². The number of benzene rings is 1. The molecule has 0 aliphatic carbocycles. The van der Waals surface area contributed by atoms with Crippen LogP contribution in [0.3, 0.4) is 0 Å². The third-order valence-electron chi connectivity index (χ3n) is 3.19. The highest BCUT2D eigenvalue weighted by molar-refractivity contribution is 8.00. The number of aromatic amines is 1. The number of rotatable bonds is 7. The average molecular weight is 346 g/mol. The standard InChI is InChI=1S/C17H18N2O4S/c1-19(2)16(21)11-24-15-8-4-3-6-12(15)17(22)23-10-14(20)13-7-5-9-18-13/h3-9,18H,10-11H2,1-2H3. The SMILES string of the molecule is CN(C)C(=O)CSc1ccccc1C(=O)OCC(=O)c1ccc[nH]1. The van der Waals surface area contributed by atoms with Crippen LogP contribution < -0.4 is 0 Å². The molecule has 1 aromatic carbocycles. The third kappa shape index (κ3) is 4.73. The number of hydrogen-bond acceptors (Lipinski definition) is 5. The Kier molecular flexibility index (Phi) is 6.20. The lowest BCUT2D eigenvalue weighted by Crippen LogP contribution is -2.23. The molecule has 0 saturated carbocycles. The van der Waals surface area contributed by atoms with Gasteiger partial charge in [-0.3, -0.25) is 9.59 Å². The average Bonchev–Trinajstić information content (AvgIpc) is 3.12. The molecule has 1 aromatic heterocycles. The first-order valence-corrected chi connectivity index (χ1v) is 8.23.